The van der Waals surface area contributed by atoms with Crippen LogP contribution in [0.15, 0.2) is 24.3 Å². The topological polar surface area (TPSA) is 55.5 Å². The van der Waals surface area contributed by atoms with E-state index in [1.54, 1.807) is 0 Å². The van der Waals surface area contributed by atoms with Crippen molar-refractivity contribution >= 4 is 11.6 Å². The number of hydrogen-bond donors (Lipinski definition) is 2. The molecule has 3 N–H and O–H groups in total. The van der Waals surface area contributed by atoms with Crippen LogP contribution in [-0.2, 0) is 10.2 Å². The summed E-state index contributed by atoms with van der Waals surface area (Å²) in [5.41, 5.74) is 7.73. The molecule has 22 heavy (non-hydrogen) atoms. The maximum absolute atomic E-state index is 10.7. The van der Waals surface area contributed by atoms with E-state index in [9.17, 15) is 5.11 Å². The molecule has 2 atom stereocenters. The maximum Gasteiger partial charge on any atom is 0.166 e. The highest BCUT2D eigenvalue weighted by atomic mass is 35.5. The van der Waals surface area contributed by atoms with E-state index in [-0.39, 0.29) is 11.5 Å². The average Bonchev–Trinajstić information content (AvgIpc) is 2.39. The van der Waals surface area contributed by atoms with Crippen molar-refractivity contribution in [3.63, 3.8) is 0 Å². The lowest BCUT2D eigenvalue weighted by Crippen LogP contribution is -2.54. The van der Waals surface area contributed by atoms with Crippen LogP contribution < -0.4 is 5.73 Å². The monoisotopic (exact) mass is 325 g/mol. The lowest BCUT2D eigenvalue weighted by atomic mass is 9.59. The Hall–Kier alpha value is -0.610. The molecule has 0 heterocycles. The summed E-state index contributed by atoms with van der Waals surface area (Å²) < 4.78 is 5.61. The van der Waals surface area contributed by atoms with Crippen molar-refractivity contribution in [2.45, 2.75) is 69.6 Å². The van der Waals surface area contributed by atoms with Crippen molar-refractivity contribution in [3.8, 4) is 0 Å². The number of nitrogens with two attached hydrogens (primary N) is 1. The van der Waals surface area contributed by atoms with Crippen LogP contribution >= 0.6 is 11.6 Å². The molecular weight excluding hydrogens is 298 g/mol. The molecule has 3 nitrogen and oxygen atoms in total. The van der Waals surface area contributed by atoms with Gasteiger partial charge in [-0.2, -0.15) is 0 Å². The van der Waals surface area contributed by atoms with Crippen LogP contribution in [0.25, 0.3) is 0 Å². The van der Waals surface area contributed by atoms with E-state index >= 15 is 0 Å². The molecule has 0 spiro atoms. The molecule has 124 valence electrons. The van der Waals surface area contributed by atoms with E-state index in [4.69, 9.17) is 22.1 Å². The highest BCUT2D eigenvalue weighted by Crippen LogP contribution is 2.48. The SMILES string of the molecule is CCCC(O)(CC(N)C1(c2ccc(Cl)cc2)CCC1)OCC. The third-order valence-electron chi connectivity index (χ3n) is 4.97. The second kappa shape index (κ2) is 7.31. The molecule has 2 unspecified atom stereocenters. The summed E-state index contributed by atoms with van der Waals surface area (Å²) in [5.74, 6) is -1.11. The van der Waals surface area contributed by atoms with Crippen molar-refractivity contribution in [2.75, 3.05) is 6.61 Å². The fourth-order valence-corrected chi connectivity index (χ4v) is 3.77. The van der Waals surface area contributed by atoms with E-state index in [1.807, 2.05) is 26.0 Å². The first-order chi connectivity index (χ1) is 10.5. The summed E-state index contributed by atoms with van der Waals surface area (Å²) in [6, 6.07) is 7.86. The largest absolute Gasteiger partial charge is 0.365 e. The number of rotatable bonds is 8. The quantitative estimate of drug-likeness (QED) is 0.710. The second-order valence-corrected chi connectivity index (χ2v) is 6.89. The third kappa shape index (κ3) is 3.65. The molecule has 4 heteroatoms. The van der Waals surface area contributed by atoms with Crippen LogP contribution in [0.1, 0.15) is 57.9 Å². The zero-order valence-electron chi connectivity index (χ0n) is 13.6. The van der Waals surface area contributed by atoms with Crippen LogP contribution in [0.2, 0.25) is 5.02 Å². The first-order valence-electron chi connectivity index (χ1n) is 8.34. The predicted octanol–water partition coefficient (Wildman–Crippen LogP) is 4.00. The van der Waals surface area contributed by atoms with Gasteiger partial charge in [-0.05, 0) is 37.5 Å². The van der Waals surface area contributed by atoms with Crippen LogP contribution in [0.4, 0.5) is 0 Å². The Balaban J connectivity index is 2.17. The molecular formula is C18H28ClNO2. The van der Waals surface area contributed by atoms with Crippen LogP contribution in [-0.4, -0.2) is 23.5 Å². The lowest BCUT2D eigenvalue weighted by Gasteiger charge is -2.49. The van der Waals surface area contributed by atoms with E-state index in [0.29, 0.717) is 19.4 Å². The van der Waals surface area contributed by atoms with Crippen molar-refractivity contribution in [3.05, 3.63) is 34.9 Å². The van der Waals surface area contributed by atoms with Crippen molar-refractivity contribution in [2.24, 2.45) is 5.73 Å². The van der Waals surface area contributed by atoms with Crippen molar-refractivity contribution in [1.82, 2.24) is 0 Å². The molecule has 1 aliphatic rings. The van der Waals surface area contributed by atoms with Crippen LogP contribution in [0, 0.1) is 0 Å². The van der Waals surface area contributed by atoms with Crippen LogP contribution in [0.5, 0.6) is 0 Å². The Morgan fingerprint density at radius 3 is 2.41 bits per heavy atom. The number of ether oxygens (including phenoxy) is 1. The minimum absolute atomic E-state index is 0.0522. The fourth-order valence-electron chi connectivity index (χ4n) is 3.64. The number of benzene rings is 1. The van der Waals surface area contributed by atoms with Gasteiger partial charge in [0.05, 0.1) is 0 Å². The van der Waals surface area contributed by atoms with Gasteiger partial charge in [0.25, 0.3) is 0 Å². The minimum Gasteiger partial charge on any atom is -0.365 e. The highest BCUT2D eigenvalue weighted by molar-refractivity contribution is 6.30. The Bertz CT molecular complexity index is 464. The molecule has 0 aromatic heterocycles. The number of aliphatic hydroxyl groups is 1. The van der Waals surface area contributed by atoms with Crippen molar-refractivity contribution in [1.29, 1.82) is 0 Å². The first kappa shape index (κ1) is 17.7. The van der Waals surface area contributed by atoms with E-state index in [2.05, 4.69) is 12.1 Å². The zero-order valence-corrected chi connectivity index (χ0v) is 14.4. The Morgan fingerprint density at radius 1 is 1.32 bits per heavy atom. The van der Waals surface area contributed by atoms with Crippen LogP contribution in [0.3, 0.4) is 0 Å². The lowest BCUT2D eigenvalue weighted by molar-refractivity contribution is -0.214. The normalized spacial score (nSPS) is 21.0. The molecule has 1 aromatic rings. The van der Waals surface area contributed by atoms with Gasteiger partial charge in [-0.15, -0.1) is 0 Å². The Morgan fingerprint density at radius 2 is 1.95 bits per heavy atom. The standard InChI is InChI=1S/C18H28ClNO2/c1-3-10-18(21,22-4-2)13-16(20)17(11-5-12-17)14-6-8-15(19)9-7-14/h6-9,16,21H,3-5,10-13,20H2,1-2H3. The molecule has 1 aliphatic carbocycles. The highest BCUT2D eigenvalue weighted by Gasteiger charge is 2.46. The van der Waals surface area contributed by atoms with Gasteiger partial charge in [0, 0.05) is 35.9 Å². The van der Waals surface area contributed by atoms with E-state index < -0.39 is 5.79 Å². The minimum atomic E-state index is -1.11. The molecule has 0 aliphatic heterocycles. The van der Waals surface area contributed by atoms with Gasteiger partial charge >= 0.3 is 0 Å². The van der Waals surface area contributed by atoms with Gasteiger partial charge < -0.3 is 15.6 Å². The molecule has 0 amide bonds. The summed E-state index contributed by atoms with van der Waals surface area (Å²) in [6.07, 6.45) is 5.26. The van der Waals surface area contributed by atoms with Gasteiger partial charge in [0.2, 0.25) is 0 Å². The Labute approximate surface area is 138 Å². The molecule has 0 bridgehead atoms. The van der Waals surface area contributed by atoms with Gasteiger partial charge in [0.1, 0.15) is 0 Å². The van der Waals surface area contributed by atoms with E-state index in [0.717, 1.165) is 24.3 Å². The second-order valence-electron chi connectivity index (χ2n) is 6.46. The van der Waals surface area contributed by atoms with Gasteiger partial charge in [0.15, 0.2) is 5.79 Å². The first-order valence-corrected chi connectivity index (χ1v) is 8.71. The molecule has 1 aromatic carbocycles. The summed E-state index contributed by atoms with van der Waals surface area (Å²) in [6.45, 7) is 4.45. The molecule has 0 radical (unpaired) electrons. The predicted molar refractivity (Wildman–Crippen MR) is 91.1 cm³/mol. The smallest absolute Gasteiger partial charge is 0.166 e. The molecule has 2 rings (SSSR count). The van der Waals surface area contributed by atoms with E-state index in [1.165, 1.54) is 12.0 Å². The van der Waals surface area contributed by atoms with Gasteiger partial charge in [-0.3, -0.25) is 0 Å². The molecule has 1 fully saturated rings. The molecule has 1 saturated carbocycles. The molecule has 0 saturated heterocycles. The summed E-state index contributed by atoms with van der Waals surface area (Å²) in [7, 11) is 0. The van der Waals surface area contributed by atoms with Crippen molar-refractivity contribution < 1.29 is 9.84 Å². The number of hydrogen-bond acceptors (Lipinski definition) is 3. The van der Waals surface area contributed by atoms with Gasteiger partial charge in [-0.25, -0.2) is 0 Å². The number of halogens is 1. The summed E-state index contributed by atoms with van der Waals surface area (Å²) in [4.78, 5) is 0. The average molecular weight is 326 g/mol. The summed E-state index contributed by atoms with van der Waals surface area (Å²) >= 11 is 6.00. The zero-order chi connectivity index (χ0) is 16.2. The Kier molecular flexibility index (Phi) is 5.89. The fraction of sp³-hybridized carbons (Fsp3) is 0.667. The maximum atomic E-state index is 10.7. The van der Waals surface area contributed by atoms with Gasteiger partial charge in [-0.1, -0.05) is 43.5 Å². The third-order valence-corrected chi connectivity index (χ3v) is 5.22. The summed E-state index contributed by atoms with van der Waals surface area (Å²) in [5, 5.41) is 11.5.